The van der Waals surface area contributed by atoms with Crippen LogP contribution in [-0.2, 0) is 17.6 Å². The molecule has 0 aromatic heterocycles. The molecule has 2 unspecified atom stereocenters. The third-order valence-electron chi connectivity index (χ3n) is 4.05. The highest BCUT2D eigenvalue weighted by Crippen LogP contribution is 2.08. The van der Waals surface area contributed by atoms with Crippen LogP contribution in [0.5, 0.6) is 0 Å². The van der Waals surface area contributed by atoms with Crippen LogP contribution in [0.25, 0.3) is 0 Å². The van der Waals surface area contributed by atoms with Gasteiger partial charge in [0, 0.05) is 19.0 Å². The summed E-state index contributed by atoms with van der Waals surface area (Å²) in [5.41, 5.74) is 8.32. The smallest absolute Gasteiger partial charge is 0.220 e. The summed E-state index contributed by atoms with van der Waals surface area (Å²) >= 11 is 0. The minimum Gasteiger partial charge on any atom is -0.391 e. The number of benzene rings is 2. The zero-order valence-corrected chi connectivity index (χ0v) is 13.9. The molecule has 2 aromatic carbocycles. The van der Waals surface area contributed by atoms with Gasteiger partial charge in [0.05, 0.1) is 6.10 Å². The normalized spacial score (nSPS) is 13.2. The number of aliphatic hydroxyl groups excluding tert-OH is 1. The first kappa shape index (κ1) is 18.2. The third kappa shape index (κ3) is 6.52. The molecule has 1 amide bonds. The summed E-state index contributed by atoms with van der Waals surface area (Å²) in [6.45, 7) is 0.606. The van der Waals surface area contributed by atoms with Gasteiger partial charge < -0.3 is 16.2 Å². The molecule has 24 heavy (non-hydrogen) atoms. The van der Waals surface area contributed by atoms with Crippen LogP contribution < -0.4 is 11.1 Å². The number of aliphatic hydroxyl groups is 1. The predicted molar refractivity (Wildman–Crippen MR) is 96.5 cm³/mol. The monoisotopic (exact) mass is 326 g/mol. The maximum atomic E-state index is 11.9. The highest BCUT2D eigenvalue weighted by molar-refractivity contribution is 5.75. The topological polar surface area (TPSA) is 75.3 Å². The van der Waals surface area contributed by atoms with E-state index >= 15 is 0 Å². The Bertz CT molecular complexity index is 602. The number of carbonyl (C=O) groups excluding carboxylic acids is 1. The molecule has 2 aromatic rings. The highest BCUT2D eigenvalue weighted by atomic mass is 16.3. The Kier molecular flexibility index (Phi) is 7.46. The van der Waals surface area contributed by atoms with Crippen LogP contribution in [0.15, 0.2) is 60.7 Å². The van der Waals surface area contributed by atoms with Crippen molar-refractivity contribution in [1.82, 2.24) is 5.32 Å². The fourth-order valence-corrected chi connectivity index (χ4v) is 2.59. The maximum absolute atomic E-state index is 11.9. The summed E-state index contributed by atoms with van der Waals surface area (Å²) < 4.78 is 0. The van der Waals surface area contributed by atoms with Crippen molar-refractivity contribution >= 4 is 5.91 Å². The van der Waals surface area contributed by atoms with E-state index in [0.29, 0.717) is 25.8 Å². The molecule has 0 fully saturated rings. The molecule has 0 bridgehead atoms. The van der Waals surface area contributed by atoms with Gasteiger partial charge in [0.2, 0.25) is 5.91 Å². The second-order valence-electron chi connectivity index (χ2n) is 6.05. The van der Waals surface area contributed by atoms with Crippen LogP contribution in [0.3, 0.4) is 0 Å². The first-order valence-electron chi connectivity index (χ1n) is 8.43. The van der Waals surface area contributed by atoms with Crippen molar-refractivity contribution < 1.29 is 9.90 Å². The number of nitrogens with two attached hydrogens (primary N) is 1. The van der Waals surface area contributed by atoms with Crippen molar-refractivity contribution in [2.75, 3.05) is 6.54 Å². The van der Waals surface area contributed by atoms with Crippen LogP contribution in [0.2, 0.25) is 0 Å². The molecule has 2 atom stereocenters. The standard InChI is InChI=1S/C20H26N2O2/c21-18(15-17-9-5-2-6-10-17)19(23)11-12-20(24)22-14-13-16-7-3-1-4-8-16/h1-10,18-19,23H,11-15,21H2,(H,22,24). The minimum absolute atomic E-state index is 0.0445. The van der Waals surface area contributed by atoms with E-state index in [9.17, 15) is 9.90 Å². The van der Waals surface area contributed by atoms with E-state index in [2.05, 4.69) is 5.32 Å². The van der Waals surface area contributed by atoms with E-state index < -0.39 is 6.10 Å². The molecule has 0 saturated heterocycles. The van der Waals surface area contributed by atoms with Gasteiger partial charge in [-0.2, -0.15) is 0 Å². The Hall–Kier alpha value is -2.17. The molecule has 0 aliphatic heterocycles. The van der Waals surface area contributed by atoms with Crippen molar-refractivity contribution in [2.45, 2.75) is 37.8 Å². The highest BCUT2D eigenvalue weighted by Gasteiger charge is 2.16. The number of carbonyl (C=O) groups is 1. The summed E-state index contributed by atoms with van der Waals surface area (Å²) in [5, 5.41) is 13.0. The predicted octanol–water partition coefficient (Wildman–Crippen LogP) is 2.06. The van der Waals surface area contributed by atoms with Crippen molar-refractivity contribution in [2.24, 2.45) is 5.73 Å². The first-order chi connectivity index (χ1) is 11.6. The lowest BCUT2D eigenvalue weighted by atomic mass is 9.99. The fourth-order valence-electron chi connectivity index (χ4n) is 2.59. The average Bonchev–Trinajstić information content (AvgIpc) is 2.61. The van der Waals surface area contributed by atoms with Crippen molar-refractivity contribution in [3.63, 3.8) is 0 Å². The van der Waals surface area contributed by atoms with Gasteiger partial charge in [-0.25, -0.2) is 0 Å². The van der Waals surface area contributed by atoms with Crippen LogP contribution >= 0.6 is 0 Å². The SMILES string of the molecule is NC(Cc1ccccc1)C(O)CCC(=O)NCCc1ccccc1. The molecule has 0 saturated carbocycles. The van der Waals surface area contributed by atoms with Gasteiger partial charge in [-0.1, -0.05) is 60.7 Å². The van der Waals surface area contributed by atoms with Crippen LogP contribution in [0.4, 0.5) is 0 Å². The van der Waals surface area contributed by atoms with E-state index in [1.165, 1.54) is 5.56 Å². The quantitative estimate of drug-likeness (QED) is 0.660. The molecule has 0 radical (unpaired) electrons. The second kappa shape index (κ2) is 9.85. The molecule has 0 heterocycles. The van der Waals surface area contributed by atoms with E-state index in [1.807, 2.05) is 60.7 Å². The lowest BCUT2D eigenvalue weighted by molar-refractivity contribution is -0.121. The zero-order valence-electron chi connectivity index (χ0n) is 13.9. The Morgan fingerprint density at radius 1 is 1.00 bits per heavy atom. The molecule has 0 spiro atoms. The third-order valence-corrected chi connectivity index (χ3v) is 4.05. The molecule has 0 aliphatic carbocycles. The van der Waals surface area contributed by atoms with E-state index in [0.717, 1.165) is 12.0 Å². The average molecular weight is 326 g/mol. The molecule has 4 N–H and O–H groups in total. The van der Waals surface area contributed by atoms with Gasteiger partial charge in [-0.3, -0.25) is 4.79 Å². The lowest BCUT2D eigenvalue weighted by Gasteiger charge is -2.18. The van der Waals surface area contributed by atoms with Gasteiger partial charge in [0.1, 0.15) is 0 Å². The van der Waals surface area contributed by atoms with Crippen molar-refractivity contribution in [3.05, 3.63) is 71.8 Å². The zero-order chi connectivity index (χ0) is 17.2. The number of amides is 1. The molecule has 4 heteroatoms. The molecular weight excluding hydrogens is 300 g/mol. The fraction of sp³-hybridized carbons (Fsp3) is 0.350. The number of hydrogen-bond donors (Lipinski definition) is 3. The van der Waals surface area contributed by atoms with Gasteiger partial charge in [0.25, 0.3) is 0 Å². The van der Waals surface area contributed by atoms with Crippen LogP contribution in [-0.4, -0.2) is 29.7 Å². The largest absolute Gasteiger partial charge is 0.391 e. The summed E-state index contributed by atoms with van der Waals surface area (Å²) in [6, 6.07) is 19.5. The van der Waals surface area contributed by atoms with Gasteiger partial charge in [-0.05, 0) is 30.4 Å². The summed E-state index contributed by atoms with van der Waals surface area (Å²) in [5.74, 6) is -0.0445. The maximum Gasteiger partial charge on any atom is 0.220 e. The number of nitrogens with one attached hydrogen (secondary N) is 1. The Labute approximate surface area is 143 Å². The summed E-state index contributed by atoms with van der Waals surface area (Å²) in [7, 11) is 0. The molecule has 2 rings (SSSR count). The Balaban J connectivity index is 1.63. The number of hydrogen-bond acceptors (Lipinski definition) is 3. The number of rotatable bonds is 9. The Morgan fingerprint density at radius 3 is 2.21 bits per heavy atom. The van der Waals surface area contributed by atoms with Gasteiger partial charge in [0.15, 0.2) is 0 Å². The molecular formula is C20H26N2O2. The van der Waals surface area contributed by atoms with Crippen molar-refractivity contribution in [3.8, 4) is 0 Å². The first-order valence-corrected chi connectivity index (χ1v) is 8.43. The molecule has 0 aliphatic rings. The van der Waals surface area contributed by atoms with E-state index in [4.69, 9.17) is 5.73 Å². The molecule has 4 nitrogen and oxygen atoms in total. The van der Waals surface area contributed by atoms with Crippen molar-refractivity contribution in [1.29, 1.82) is 0 Å². The van der Waals surface area contributed by atoms with Gasteiger partial charge in [-0.15, -0.1) is 0 Å². The van der Waals surface area contributed by atoms with E-state index in [-0.39, 0.29) is 11.9 Å². The second-order valence-corrected chi connectivity index (χ2v) is 6.05. The van der Waals surface area contributed by atoms with Crippen LogP contribution in [0.1, 0.15) is 24.0 Å². The molecule has 128 valence electrons. The van der Waals surface area contributed by atoms with Crippen LogP contribution in [0, 0.1) is 0 Å². The summed E-state index contributed by atoms with van der Waals surface area (Å²) in [6.07, 6.45) is 1.41. The Morgan fingerprint density at radius 2 is 1.58 bits per heavy atom. The van der Waals surface area contributed by atoms with Gasteiger partial charge >= 0.3 is 0 Å². The summed E-state index contributed by atoms with van der Waals surface area (Å²) in [4.78, 5) is 11.9. The van der Waals surface area contributed by atoms with E-state index in [1.54, 1.807) is 0 Å². The lowest BCUT2D eigenvalue weighted by Crippen LogP contribution is -2.37. The minimum atomic E-state index is -0.676.